The number of nitrogens with one attached hydrogen (secondary N) is 1. The monoisotopic (exact) mass is 227 g/mol. The van der Waals surface area contributed by atoms with Crippen molar-refractivity contribution < 1.29 is 4.79 Å². The number of nitrogens with two attached hydrogens (primary N) is 1. The highest BCUT2D eigenvalue weighted by molar-refractivity contribution is 5.78. The molecule has 1 saturated carbocycles. The van der Waals surface area contributed by atoms with Gasteiger partial charge >= 0.3 is 0 Å². The minimum atomic E-state index is 0.155. The Morgan fingerprint density at radius 2 is 2.06 bits per heavy atom. The van der Waals surface area contributed by atoms with Crippen LogP contribution >= 0.6 is 0 Å². The Bertz CT molecular complexity index is 212. The lowest BCUT2D eigenvalue weighted by Crippen LogP contribution is -2.45. The number of nitrogens with zero attached hydrogens (tertiary/aromatic N) is 1. The summed E-state index contributed by atoms with van der Waals surface area (Å²) in [7, 11) is 0. The van der Waals surface area contributed by atoms with Crippen molar-refractivity contribution in [1.29, 1.82) is 0 Å². The smallest absolute Gasteiger partial charge is 0.234 e. The predicted octanol–water partition coefficient (Wildman–Crippen LogP) is 0.714. The SMILES string of the molecule is CCC(CC)N(CCN)CC(=O)NC1CC1. The Balaban J connectivity index is 2.37. The first kappa shape index (κ1) is 13.5. The van der Waals surface area contributed by atoms with Crippen LogP contribution in [-0.2, 0) is 4.79 Å². The maximum absolute atomic E-state index is 11.7. The van der Waals surface area contributed by atoms with E-state index in [-0.39, 0.29) is 5.91 Å². The summed E-state index contributed by atoms with van der Waals surface area (Å²) in [6, 6.07) is 0.933. The summed E-state index contributed by atoms with van der Waals surface area (Å²) < 4.78 is 0. The van der Waals surface area contributed by atoms with Crippen LogP contribution in [0.25, 0.3) is 0 Å². The fraction of sp³-hybridized carbons (Fsp3) is 0.917. The summed E-state index contributed by atoms with van der Waals surface area (Å²) in [6.07, 6.45) is 4.45. The number of hydrogen-bond donors (Lipinski definition) is 2. The Morgan fingerprint density at radius 3 is 2.50 bits per heavy atom. The number of rotatable bonds is 8. The molecule has 0 aliphatic heterocycles. The van der Waals surface area contributed by atoms with E-state index in [0.29, 0.717) is 25.2 Å². The van der Waals surface area contributed by atoms with Gasteiger partial charge in [-0.25, -0.2) is 0 Å². The number of amides is 1. The molecule has 3 N–H and O–H groups in total. The van der Waals surface area contributed by atoms with Crippen molar-refractivity contribution in [2.24, 2.45) is 5.73 Å². The second-order valence-corrected chi connectivity index (χ2v) is 4.57. The van der Waals surface area contributed by atoms with Gasteiger partial charge in [0.2, 0.25) is 5.91 Å². The van der Waals surface area contributed by atoms with E-state index in [1.54, 1.807) is 0 Å². The van der Waals surface area contributed by atoms with Gasteiger partial charge in [0.1, 0.15) is 0 Å². The first-order valence-electron chi connectivity index (χ1n) is 6.44. The van der Waals surface area contributed by atoms with Gasteiger partial charge in [-0.3, -0.25) is 9.69 Å². The van der Waals surface area contributed by atoms with E-state index in [1.807, 2.05) is 0 Å². The van der Waals surface area contributed by atoms with Gasteiger partial charge in [0.05, 0.1) is 6.54 Å². The van der Waals surface area contributed by atoms with Crippen LogP contribution in [0.5, 0.6) is 0 Å². The summed E-state index contributed by atoms with van der Waals surface area (Å²) in [5, 5.41) is 3.02. The Morgan fingerprint density at radius 1 is 1.44 bits per heavy atom. The fourth-order valence-corrected chi connectivity index (χ4v) is 2.05. The second kappa shape index (κ2) is 6.86. The van der Waals surface area contributed by atoms with Crippen LogP contribution in [0.3, 0.4) is 0 Å². The zero-order valence-corrected chi connectivity index (χ0v) is 10.5. The molecule has 16 heavy (non-hydrogen) atoms. The maximum atomic E-state index is 11.7. The van der Waals surface area contributed by atoms with E-state index >= 15 is 0 Å². The Kier molecular flexibility index (Phi) is 5.77. The molecule has 0 bridgehead atoms. The van der Waals surface area contributed by atoms with E-state index in [9.17, 15) is 4.79 Å². The predicted molar refractivity (Wildman–Crippen MR) is 66.2 cm³/mol. The van der Waals surface area contributed by atoms with Gasteiger partial charge in [-0.15, -0.1) is 0 Å². The molecule has 1 aliphatic rings. The molecule has 0 aromatic heterocycles. The van der Waals surface area contributed by atoms with Gasteiger partial charge in [-0.05, 0) is 25.7 Å². The molecule has 4 heteroatoms. The van der Waals surface area contributed by atoms with Crippen LogP contribution in [0.1, 0.15) is 39.5 Å². The Labute approximate surface area is 98.6 Å². The summed E-state index contributed by atoms with van der Waals surface area (Å²) >= 11 is 0. The minimum absolute atomic E-state index is 0.155. The third kappa shape index (κ3) is 4.49. The molecule has 0 aromatic carbocycles. The quantitative estimate of drug-likeness (QED) is 0.642. The van der Waals surface area contributed by atoms with E-state index in [0.717, 1.165) is 32.2 Å². The molecule has 94 valence electrons. The lowest BCUT2D eigenvalue weighted by atomic mass is 10.1. The summed E-state index contributed by atoms with van der Waals surface area (Å²) in [5.74, 6) is 0.155. The lowest BCUT2D eigenvalue weighted by Gasteiger charge is -2.29. The van der Waals surface area contributed by atoms with Crippen molar-refractivity contribution >= 4 is 5.91 Å². The summed E-state index contributed by atoms with van der Waals surface area (Å²) in [6.45, 7) is 6.25. The van der Waals surface area contributed by atoms with Crippen LogP contribution in [0.2, 0.25) is 0 Å². The van der Waals surface area contributed by atoms with Crippen LogP contribution < -0.4 is 11.1 Å². The highest BCUT2D eigenvalue weighted by Gasteiger charge is 2.25. The third-order valence-electron chi connectivity index (χ3n) is 3.16. The first-order chi connectivity index (χ1) is 7.71. The molecule has 0 heterocycles. The molecule has 1 fully saturated rings. The first-order valence-corrected chi connectivity index (χ1v) is 6.44. The summed E-state index contributed by atoms with van der Waals surface area (Å²) in [4.78, 5) is 13.9. The molecular weight excluding hydrogens is 202 g/mol. The average molecular weight is 227 g/mol. The van der Waals surface area contributed by atoms with Crippen molar-refractivity contribution in [2.45, 2.75) is 51.6 Å². The fourth-order valence-electron chi connectivity index (χ4n) is 2.05. The zero-order chi connectivity index (χ0) is 12.0. The van der Waals surface area contributed by atoms with Crippen molar-refractivity contribution in [1.82, 2.24) is 10.2 Å². The molecule has 0 spiro atoms. The molecule has 0 atom stereocenters. The molecule has 0 unspecified atom stereocenters. The van der Waals surface area contributed by atoms with Crippen molar-refractivity contribution in [3.05, 3.63) is 0 Å². The normalized spacial score (nSPS) is 15.8. The van der Waals surface area contributed by atoms with Gasteiger partial charge in [0.25, 0.3) is 0 Å². The highest BCUT2D eigenvalue weighted by Crippen LogP contribution is 2.18. The number of hydrogen-bond acceptors (Lipinski definition) is 3. The van der Waals surface area contributed by atoms with Crippen molar-refractivity contribution in [3.8, 4) is 0 Å². The molecule has 1 aliphatic carbocycles. The number of carbonyl (C=O) groups is 1. The standard InChI is InChI=1S/C12H25N3O/c1-3-11(4-2)15(8-7-13)9-12(16)14-10-5-6-10/h10-11H,3-9,13H2,1-2H3,(H,14,16). The molecular formula is C12H25N3O. The van der Waals surface area contributed by atoms with Gasteiger partial charge in [0.15, 0.2) is 0 Å². The van der Waals surface area contributed by atoms with Gasteiger partial charge in [-0.2, -0.15) is 0 Å². The molecule has 0 saturated heterocycles. The van der Waals surface area contributed by atoms with Crippen LogP contribution in [0.4, 0.5) is 0 Å². The van der Waals surface area contributed by atoms with Gasteiger partial charge in [0, 0.05) is 25.2 Å². The molecule has 1 rings (SSSR count). The lowest BCUT2D eigenvalue weighted by molar-refractivity contribution is -0.123. The minimum Gasteiger partial charge on any atom is -0.352 e. The van der Waals surface area contributed by atoms with Crippen LogP contribution in [0, 0.1) is 0 Å². The van der Waals surface area contributed by atoms with Crippen LogP contribution in [-0.4, -0.2) is 42.5 Å². The molecule has 0 radical (unpaired) electrons. The molecule has 0 aromatic rings. The van der Waals surface area contributed by atoms with E-state index in [4.69, 9.17) is 5.73 Å². The zero-order valence-electron chi connectivity index (χ0n) is 10.5. The largest absolute Gasteiger partial charge is 0.352 e. The van der Waals surface area contributed by atoms with Gasteiger partial charge < -0.3 is 11.1 Å². The van der Waals surface area contributed by atoms with Crippen molar-refractivity contribution in [2.75, 3.05) is 19.6 Å². The van der Waals surface area contributed by atoms with E-state index in [2.05, 4.69) is 24.1 Å². The van der Waals surface area contributed by atoms with Crippen molar-refractivity contribution in [3.63, 3.8) is 0 Å². The highest BCUT2D eigenvalue weighted by atomic mass is 16.2. The summed E-state index contributed by atoms with van der Waals surface area (Å²) in [5.41, 5.74) is 5.59. The average Bonchev–Trinajstić information content (AvgIpc) is 3.03. The van der Waals surface area contributed by atoms with E-state index in [1.165, 1.54) is 0 Å². The molecule has 4 nitrogen and oxygen atoms in total. The second-order valence-electron chi connectivity index (χ2n) is 4.57. The van der Waals surface area contributed by atoms with E-state index < -0.39 is 0 Å². The topological polar surface area (TPSA) is 58.4 Å². The Hall–Kier alpha value is -0.610. The van der Waals surface area contributed by atoms with Gasteiger partial charge in [-0.1, -0.05) is 13.8 Å². The third-order valence-corrected chi connectivity index (χ3v) is 3.16. The maximum Gasteiger partial charge on any atom is 0.234 e. The van der Waals surface area contributed by atoms with Crippen LogP contribution in [0.15, 0.2) is 0 Å². The number of carbonyl (C=O) groups excluding carboxylic acids is 1. The molecule has 1 amide bonds.